The molecule has 0 aliphatic carbocycles. The molecule has 0 amide bonds. The third-order valence-corrected chi connectivity index (χ3v) is 2.77. The molecule has 0 N–H and O–H groups in total. The maximum Gasteiger partial charge on any atom is 0.269 e. The van der Waals surface area contributed by atoms with Gasteiger partial charge >= 0.3 is 0 Å². The van der Waals surface area contributed by atoms with Crippen LogP contribution in [-0.2, 0) is 4.74 Å². The first kappa shape index (κ1) is 10.1. The minimum Gasteiger partial charge on any atom is -0.381 e. The number of hydrogen-bond donors (Lipinski definition) is 0. The monoisotopic (exact) mass is 207 g/mol. The normalized spacial score (nSPS) is 17.6. The van der Waals surface area contributed by atoms with E-state index in [0.717, 1.165) is 31.6 Å². The van der Waals surface area contributed by atoms with Gasteiger partial charge in [0.2, 0.25) is 0 Å². The van der Waals surface area contributed by atoms with Gasteiger partial charge in [0.05, 0.1) is 4.92 Å². The summed E-state index contributed by atoms with van der Waals surface area (Å²) in [5, 5.41) is 10.6. The SMILES string of the molecule is O=[N+]([O-])c1cccc(C2CCOCC2)c1. The Hall–Kier alpha value is -1.42. The van der Waals surface area contributed by atoms with Gasteiger partial charge in [0.1, 0.15) is 0 Å². The summed E-state index contributed by atoms with van der Waals surface area (Å²) in [4.78, 5) is 10.3. The second-order valence-corrected chi connectivity index (χ2v) is 3.74. The molecule has 1 fully saturated rings. The second kappa shape index (κ2) is 4.40. The largest absolute Gasteiger partial charge is 0.381 e. The predicted molar refractivity (Wildman–Crippen MR) is 55.9 cm³/mol. The smallest absolute Gasteiger partial charge is 0.269 e. The second-order valence-electron chi connectivity index (χ2n) is 3.74. The summed E-state index contributed by atoms with van der Waals surface area (Å²) in [6.45, 7) is 1.51. The lowest BCUT2D eigenvalue weighted by atomic mass is 9.91. The Morgan fingerprint density at radius 1 is 1.33 bits per heavy atom. The maximum atomic E-state index is 10.6. The number of ether oxygens (including phenoxy) is 1. The molecule has 4 heteroatoms. The lowest BCUT2D eigenvalue weighted by molar-refractivity contribution is -0.384. The Balaban J connectivity index is 2.19. The Kier molecular flexibility index (Phi) is 2.97. The number of rotatable bonds is 2. The molecule has 0 spiro atoms. The third-order valence-electron chi connectivity index (χ3n) is 2.77. The molecule has 0 atom stereocenters. The highest BCUT2D eigenvalue weighted by Gasteiger charge is 2.17. The summed E-state index contributed by atoms with van der Waals surface area (Å²) in [5.74, 6) is 0.415. The molecule has 1 saturated heterocycles. The van der Waals surface area contributed by atoms with E-state index in [9.17, 15) is 10.1 Å². The summed E-state index contributed by atoms with van der Waals surface area (Å²) in [6.07, 6.45) is 1.92. The van der Waals surface area contributed by atoms with Crippen molar-refractivity contribution >= 4 is 5.69 Å². The fourth-order valence-electron chi connectivity index (χ4n) is 1.92. The van der Waals surface area contributed by atoms with Crippen molar-refractivity contribution in [1.82, 2.24) is 0 Å². The van der Waals surface area contributed by atoms with Gasteiger partial charge in [-0.25, -0.2) is 0 Å². The van der Waals surface area contributed by atoms with Crippen molar-refractivity contribution in [3.05, 3.63) is 39.9 Å². The fourth-order valence-corrected chi connectivity index (χ4v) is 1.92. The molecule has 0 radical (unpaired) electrons. The van der Waals surface area contributed by atoms with Gasteiger partial charge in [-0.3, -0.25) is 10.1 Å². The summed E-state index contributed by atoms with van der Waals surface area (Å²) in [6, 6.07) is 6.92. The van der Waals surface area contributed by atoms with E-state index < -0.39 is 0 Å². The van der Waals surface area contributed by atoms with Gasteiger partial charge in [0.15, 0.2) is 0 Å². The molecule has 4 nitrogen and oxygen atoms in total. The summed E-state index contributed by atoms with van der Waals surface area (Å²) < 4.78 is 5.27. The van der Waals surface area contributed by atoms with Gasteiger partial charge in [0.25, 0.3) is 5.69 Å². The topological polar surface area (TPSA) is 52.4 Å². The molecule has 0 bridgehead atoms. The standard InChI is InChI=1S/C11H13NO3/c13-12(14)11-3-1-2-10(8-11)9-4-6-15-7-5-9/h1-3,8-9H,4-7H2. The van der Waals surface area contributed by atoms with E-state index in [1.54, 1.807) is 12.1 Å². The van der Waals surface area contributed by atoms with Crippen LogP contribution in [0.3, 0.4) is 0 Å². The molecule has 1 aromatic carbocycles. The predicted octanol–water partition coefficient (Wildman–Crippen LogP) is 2.49. The number of nitro groups is 1. The minimum absolute atomic E-state index is 0.180. The zero-order chi connectivity index (χ0) is 10.7. The maximum absolute atomic E-state index is 10.6. The molecule has 2 rings (SSSR count). The molecule has 0 aromatic heterocycles. The van der Waals surface area contributed by atoms with E-state index in [-0.39, 0.29) is 10.6 Å². The summed E-state index contributed by atoms with van der Waals surface area (Å²) in [7, 11) is 0. The molecule has 0 unspecified atom stereocenters. The fraction of sp³-hybridized carbons (Fsp3) is 0.455. The molecule has 1 aliphatic rings. The molecular formula is C11H13NO3. The van der Waals surface area contributed by atoms with E-state index in [0.29, 0.717) is 5.92 Å². The quantitative estimate of drug-likeness (QED) is 0.553. The van der Waals surface area contributed by atoms with Gasteiger partial charge in [-0.2, -0.15) is 0 Å². The zero-order valence-corrected chi connectivity index (χ0v) is 8.39. The molecule has 80 valence electrons. The number of non-ortho nitro benzene ring substituents is 1. The van der Waals surface area contributed by atoms with Gasteiger partial charge in [0, 0.05) is 25.3 Å². The highest BCUT2D eigenvalue weighted by molar-refractivity contribution is 5.36. The van der Waals surface area contributed by atoms with E-state index in [1.807, 2.05) is 6.07 Å². The van der Waals surface area contributed by atoms with E-state index in [1.165, 1.54) is 6.07 Å². The van der Waals surface area contributed by atoms with Crippen LogP contribution in [0.2, 0.25) is 0 Å². The van der Waals surface area contributed by atoms with Crippen molar-refractivity contribution in [2.75, 3.05) is 13.2 Å². The number of nitro benzene ring substituents is 1. The van der Waals surface area contributed by atoms with E-state index >= 15 is 0 Å². The average molecular weight is 207 g/mol. The number of nitrogens with zero attached hydrogens (tertiary/aromatic N) is 1. The van der Waals surface area contributed by atoms with Crippen molar-refractivity contribution in [3.63, 3.8) is 0 Å². The summed E-state index contributed by atoms with van der Waals surface area (Å²) >= 11 is 0. The van der Waals surface area contributed by atoms with Crippen molar-refractivity contribution in [2.24, 2.45) is 0 Å². The van der Waals surface area contributed by atoms with Crippen LogP contribution < -0.4 is 0 Å². The van der Waals surface area contributed by atoms with Crippen LogP contribution in [0, 0.1) is 10.1 Å². The van der Waals surface area contributed by atoms with Gasteiger partial charge in [-0.05, 0) is 24.3 Å². The van der Waals surface area contributed by atoms with Crippen molar-refractivity contribution < 1.29 is 9.66 Å². The van der Waals surface area contributed by atoms with Crippen molar-refractivity contribution in [3.8, 4) is 0 Å². The first-order chi connectivity index (χ1) is 7.27. The molecule has 1 aliphatic heterocycles. The van der Waals surface area contributed by atoms with Crippen LogP contribution in [0.4, 0.5) is 5.69 Å². The molecule has 0 saturated carbocycles. The molecular weight excluding hydrogens is 194 g/mol. The van der Waals surface area contributed by atoms with Crippen LogP contribution in [0.25, 0.3) is 0 Å². The zero-order valence-electron chi connectivity index (χ0n) is 8.39. The van der Waals surface area contributed by atoms with Crippen molar-refractivity contribution in [2.45, 2.75) is 18.8 Å². The van der Waals surface area contributed by atoms with E-state index in [4.69, 9.17) is 4.74 Å². The first-order valence-corrected chi connectivity index (χ1v) is 5.09. The van der Waals surface area contributed by atoms with Crippen LogP contribution >= 0.6 is 0 Å². The Labute approximate surface area is 88.0 Å². The first-order valence-electron chi connectivity index (χ1n) is 5.09. The Morgan fingerprint density at radius 2 is 2.07 bits per heavy atom. The van der Waals surface area contributed by atoms with Gasteiger partial charge < -0.3 is 4.74 Å². The van der Waals surface area contributed by atoms with Gasteiger partial charge in [-0.15, -0.1) is 0 Å². The Morgan fingerprint density at radius 3 is 2.73 bits per heavy atom. The molecule has 1 aromatic rings. The third kappa shape index (κ3) is 2.33. The van der Waals surface area contributed by atoms with Crippen LogP contribution in [0.1, 0.15) is 24.3 Å². The van der Waals surface area contributed by atoms with Crippen molar-refractivity contribution in [1.29, 1.82) is 0 Å². The Bertz CT molecular complexity index is 359. The van der Waals surface area contributed by atoms with Crippen LogP contribution in [-0.4, -0.2) is 18.1 Å². The lowest BCUT2D eigenvalue weighted by Gasteiger charge is -2.22. The highest BCUT2D eigenvalue weighted by Crippen LogP contribution is 2.28. The minimum atomic E-state index is -0.344. The number of benzene rings is 1. The summed E-state index contributed by atoms with van der Waals surface area (Å²) in [5.41, 5.74) is 1.24. The van der Waals surface area contributed by atoms with Crippen LogP contribution in [0.15, 0.2) is 24.3 Å². The molecule has 15 heavy (non-hydrogen) atoms. The molecule has 1 heterocycles. The van der Waals surface area contributed by atoms with Crippen LogP contribution in [0.5, 0.6) is 0 Å². The average Bonchev–Trinajstić information content (AvgIpc) is 2.30. The van der Waals surface area contributed by atoms with E-state index in [2.05, 4.69) is 0 Å². The highest BCUT2D eigenvalue weighted by atomic mass is 16.6. The number of hydrogen-bond acceptors (Lipinski definition) is 3. The lowest BCUT2D eigenvalue weighted by Crippen LogP contribution is -2.14. The van der Waals surface area contributed by atoms with Gasteiger partial charge in [-0.1, -0.05) is 12.1 Å².